The molecular formula is C31H32Cl2N4O4. The van der Waals surface area contributed by atoms with E-state index in [0.717, 1.165) is 62.9 Å². The predicted octanol–water partition coefficient (Wildman–Crippen LogP) is 8.61. The Bertz CT molecular complexity index is 1560. The fraction of sp³-hybridized carbons (Fsp3) is 0.419. The largest absolute Gasteiger partial charge is 0.478 e. The number of nitrogens with zero attached hydrogens (tertiary/aromatic N) is 3. The fourth-order valence-electron chi connectivity index (χ4n) is 5.85. The molecule has 6 rings (SSSR count). The van der Waals surface area contributed by atoms with Crippen LogP contribution in [0.5, 0.6) is 0 Å². The van der Waals surface area contributed by atoms with E-state index in [1.54, 1.807) is 24.3 Å². The van der Waals surface area contributed by atoms with Gasteiger partial charge in [0.2, 0.25) is 11.7 Å². The molecule has 8 nitrogen and oxygen atoms in total. The number of rotatable bonds is 9. The highest BCUT2D eigenvalue weighted by molar-refractivity contribution is 6.39. The highest BCUT2D eigenvalue weighted by Crippen LogP contribution is 2.51. The van der Waals surface area contributed by atoms with Crippen LogP contribution in [0.4, 0.5) is 5.69 Å². The van der Waals surface area contributed by atoms with E-state index in [0.29, 0.717) is 44.5 Å². The Morgan fingerprint density at radius 1 is 1.05 bits per heavy atom. The molecule has 0 amide bonds. The molecule has 2 aromatic heterocycles. The SMILES string of the molecule is CCC1(CNc2c(-c3c(Cl)cccc3Cl)noc2C2CC2)CCC(C)(c2nc(-c3cccc(C(=O)O)c3)no2)CC1. The van der Waals surface area contributed by atoms with Crippen molar-refractivity contribution in [1.82, 2.24) is 15.3 Å². The van der Waals surface area contributed by atoms with Gasteiger partial charge in [0.1, 0.15) is 11.4 Å². The summed E-state index contributed by atoms with van der Waals surface area (Å²) in [6, 6.07) is 12.1. The minimum Gasteiger partial charge on any atom is -0.478 e. The number of hydrogen-bond acceptors (Lipinski definition) is 7. The molecule has 0 spiro atoms. The van der Waals surface area contributed by atoms with Gasteiger partial charge >= 0.3 is 5.97 Å². The molecule has 0 atom stereocenters. The first-order valence-electron chi connectivity index (χ1n) is 14.1. The summed E-state index contributed by atoms with van der Waals surface area (Å²) in [4.78, 5) is 16.1. The monoisotopic (exact) mass is 594 g/mol. The van der Waals surface area contributed by atoms with Crippen LogP contribution in [-0.2, 0) is 5.41 Å². The zero-order chi connectivity index (χ0) is 28.8. The van der Waals surface area contributed by atoms with Crippen LogP contribution in [0.2, 0.25) is 10.0 Å². The summed E-state index contributed by atoms with van der Waals surface area (Å²) in [5, 5.41) is 22.8. The third-order valence-electron chi connectivity index (χ3n) is 8.98. The molecule has 2 aromatic carbocycles. The molecule has 2 fully saturated rings. The van der Waals surface area contributed by atoms with Gasteiger partial charge in [-0.1, -0.05) is 65.6 Å². The predicted molar refractivity (Wildman–Crippen MR) is 158 cm³/mol. The van der Waals surface area contributed by atoms with Gasteiger partial charge in [-0.15, -0.1) is 0 Å². The molecule has 10 heteroatoms. The summed E-state index contributed by atoms with van der Waals surface area (Å²) < 4.78 is 11.6. The molecule has 2 heterocycles. The van der Waals surface area contributed by atoms with Crippen molar-refractivity contribution in [2.24, 2.45) is 5.41 Å². The molecule has 0 bridgehead atoms. The van der Waals surface area contributed by atoms with Crippen molar-refractivity contribution < 1.29 is 18.9 Å². The minimum atomic E-state index is -0.989. The molecular weight excluding hydrogens is 563 g/mol. The zero-order valence-corrected chi connectivity index (χ0v) is 24.6. The summed E-state index contributed by atoms with van der Waals surface area (Å²) in [5.74, 6) is 1.26. The van der Waals surface area contributed by atoms with Crippen LogP contribution in [0, 0.1) is 5.41 Å². The van der Waals surface area contributed by atoms with Crippen molar-refractivity contribution in [2.45, 2.75) is 70.1 Å². The molecule has 214 valence electrons. The van der Waals surface area contributed by atoms with E-state index in [9.17, 15) is 9.90 Å². The lowest BCUT2D eigenvalue weighted by Crippen LogP contribution is -2.39. The molecule has 2 N–H and O–H groups in total. The lowest BCUT2D eigenvalue weighted by Gasteiger charge is -2.43. The first kappa shape index (κ1) is 27.8. The van der Waals surface area contributed by atoms with Crippen LogP contribution >= 0.6 is 23.2 Å². The maximum Gasteiger partial charge on any atom is 0.335 e. The van der Waals surface area contributed by atoms with E-state index in [2.05, 4.69) is 29.5 Å². The lowest BCUT2D eigenvalue weighted by atomic mass is 9.63. The molecule has 0 unspecified atom stereocenters. The second-order valence-corrected chi connectivity index (χ2v) is 12.5. The molecule has 0 saturated heterocycles. The van der Waals surface area contributed by atoms with Gasteiger partial charge in [0.05, 0.1) is 15.6 Å². The van der Waals surface area contributed by atoms with Crippen LogP contribution in [0.1, 0.15) is 86.7 Å². The van der Waals surface area contributed by atoms with Gasteiger partial charge < -0.3 is 19.5 Å². The number of aromatic carboxylic acids is 1. The van der Waals surface area contributed by atoms with Crippen molar-refractivity contribution in [1.29, 1.82) is 0 Å². The van der Waals surface area contributed by atoms with E-state index in [1.807, 2.05) is 18.2 Å². The number of carboxylic acids is 1. The van der Waals surface area contributed by atoms with Gasteiger partial charge in [-0.25, -0.2) is 4.79 Å². The number of carboxylic acid groups (broad SMARTS) is 1. The third kappa shape index (κ3) is 5.35. The van der Waals surface area contributed by atoms with Crippen molar-refractivity contribution >= 4 is 34.9 Å². The van der Waals surface area contributed by atoms with Gasteiger partial charge in [-0.3, -0.25) is 0 Å². The highest BCUT2D eigenvalue weighted by atomic mass is 35.5. The van der Waals surface area contributed by atoms with E-state index < -0.39 is 5.97 Å². The van der Waals surface area contributed by atoms with Gasteiger partial charge in [0.25, 0.3) is 0 Å². The van der Waals surface area contributed by atoms with Crippen LogP contribution in [-0.4, -0.2) is 32.9 Å². The van der Waals surface area contributed by atoms with Gasteiger partial charge in [-0.2, -0.15) is 4.98 Å². The lowest BCUT2D eigenvalue weighted by molar-refractivity contribution is 0.0697. The fourth-order valence-corrected chi connectivity index (χ4v) is 6.42. The molecule has 2 aliphatic rings. The number of anilines is 1. The summed E-state index contributed by atoms with van der Waals surface area (Å²) in [7, 11) is 0. The quantitative estimate of drug-likeness (QED) is 0.198. The number of benzene rings is 2. The summed E-state index contributed by atoms with van der Waals surface area (Å²) >= 11 is 13.1. The van der Waals surface area contributed by atoms with Crippen molar-refractivity contribution in [3.05, 3.63) is 69.7 Å². The Balaban J connectivity index is 1.19. The van der Waals surface area contributed by atoms with Gasteiger partial charge in [0, 0.05) is 29.0 Å². The van der Waals surface area contributed by atoms with E-state index in [1.165, 1.54) is 0 Å². The van der Waals surface area contributed by atoms with E-state index >= 15 is 0 Å². The smallest absolute Gasteiger partial charge is 0.335 e. The Kier molecular flexibility index (Phi) is 7.32. The summed E-state index contributed by atoms with van der Waals surface area (Å²) in [5.41, 5.74) is 2.88. The number of carbonyl (C=O) groups is 1. The topological polar surface area (TPSA) is 114 Å². The van der Waals surface area contributed by atoms with Crippen molar-refractivity contribution in [2.75, 3.05) is 11.9 Å². The summed E-state index contributed by atoms with van der Waals surface area (Å²) in [6.45, 7) is 5.19. The normalized spacial score (nSPS) is 22.5. The number of nitrogens with one attached hydrogen (secondary N) is 1. The molecule has 4 aromatic rings. The second-order valence-electron chi connectivity index (χ2n) is 11.7. The Labute approximate surface area is 248 Å². The highest BCUT2D eigenvalue weighted by Gasteiger charge is 2.44. The maximum atomic E-state index is 11.4. The second kappa shape index (κ2) is 10.8. The standard InChI is InChI=1S/C31H32Cl2N4O4/c1-3-31(17-34-25-24(36-40-26(25)18-10-11-18)23-21(32)8-5-9-22(23)33)14-12-30(2,13-15-31)29-35-27(37-41-29)19-6-4-7-20(16-19)28(38)39/h4-9,16,18,34H,3,10-15,17H2,1-2H3,(H,38,39). The van der Waals surface area contributed by atoms with Crippen LogP contribution in [0.25, 0.3) is 22.6 Å². The first-order valence-corrected chi connectivity index (χ1v) is 14.8. The van der Waals surface area contributed by atoms with Crippen LogP contribution < -0.4 is 5.32 Å². The van der Waals surface area contributed by atoms with Gasteiger partial charge in [0.15, 0.2) is 5.76 Å². The minimum absolute atomic E-state index is 0.0673. The van der Waals surface area contributed by atoms with E-state index in [4.69, 9.17) is 37.2 Å². The van der Waals surface area contributed by atoms with Gasteiger partial charge in [-0.05, 0) is 74.6 Å². The average Bonchev–Trinajstić information content (AvgIpc) is 3.53. The Morgan fingerprint density at radius 3 is 2.41 bits per heavy atom. The Hall–Kier alpha value is -3.36. The number of aromatic nitrogens is 3. The molecule has 41 heavy (non-hydrogen) atoms. The molecule has 0 radical (unpaired) electrons. The maximum absolute atomic E-state index is 11.4. The Morgan fingerprint density at radius 2 is 1.76 bits per heavy atom. The van der Waals surface area contributed by atoms with Crippen molar-refractivity contribution in [3.63, 3.8) is 0 Å². The number of halogens is 2. The third-order valence-corrected chi connectivity index (χ3v) is 9.61. The zero-order valence-electron chi connectivity index (χ0n) is 23.0. The van der Waals surface area contributed by atoms with Crippen LogP contribution in [0.3, 0.4) is 0 Å². The number of hydrogen-bond donors (Lipinski definition) is 2. The first-order chi connectivity index (χ1) is 19.7. The average molecular weight is 596 g/mol. The molecule has 0 aliphatic heterocycles. The molecule has 2 saturated carbocycles. The summed E-state index contributed by atoms with van der Waals surface area (Å²) in [6.07, 6.45) is 6.92. The molecule has 2 aliphatic carbocycles. The van der Waals surface area contributed by atoms with Crippen molar-refractivity contribution in [3.8, 4) is 22.6 Å². The van der Waals surface area contributed by atoms with Crippen LogP contribution in [0.15, 0.2) is 51.5 Å². The van der Waals surface area contributed by atoms with E-state index in [-0.39, 0.29) is 16.4 Å².